The van der Waals surface area contributed by atoms with E-state index in [-0.39, 0.29) is 0 Å². The molecule has 0 fully saturated rings. The van der Waals surface area contributed by atoms with Crippen molar-refractivity contribution in [1.82, 2.24) is 5.32 Å². The zero-order valence-corrected chi connectivity index (χ0v) is 15.9. The average Bonchev–Trinajstić information content (AvgIpc) is 3.07. The summed E-state index contributed by atoms with van der Waals surface area (Å²) in [6.07, 6.45) is 10.2. The maximum Gasteiger partial charge on any atom is 0.0757 e. The fourth-order valence-electron chi connectivity index (χ4n) is 2.92. The summed E-state index contributed by atoms with van der Waals surface area (Å²) in [5.74, 6) is 0. The number of thioether (sulfide) groups is 1. The van der Waals surface area contributed by atoms with Gasteiger partial charge < -0.3 is 5.32 Å². The molecule has 0 aromatic heterocycles. The molecule has 0 spiro atoms. The predicted octanol–water partition coefficient (Wildman–Crippen LogP) is 5.50. The zero-order valence-electron chi connectivity index (χ0n) is 15.1. The van der Waals surface area contributed by atoms with E-state index in [1.54, 1.807) is 0 Å². The first-order chi connectivity index (χ1) is 11.5. The van der Waals surface area contributed by atoms with Gasteiger partial charge in [0, 0.05) is 30.5 Å². The number of benzene rings is 1. The molecule has 1 N–H and O–H groups in total. The van der Waals surface area contributed by atoms with Gasteiger partial charge in [0.15, 0.2) is 0 Å². The standard InChI is InChI=1S/C21H28N2S/c1-15(2)20-10-6-8-18(17(20)4)14-21(24-5)23-16(3)11-12-19-9-7-13-22-19/h6,8-10,13,21,23H,1,3,7,11-12,14H2,2,4-5H3. The first kappa shape index (κ1) is 18.6. The molecule has 1 heterocycles. The SMILES string of the molecule is C=C(CCC1=CCC=N1)NC(Cc1cccc(C(=C)C)c1C)SC. The molecule has 0 saturated carbocycles. The molecule has 1 aliphatic heterocycles. The predicted molar refractivity (Wildman–Crippen MR) is 110 cm³/mol. The highest BCUT2D eigenvalue weighted by molar-refractivity contribution is 7.99. The van der Waals surface area contributed by atoms with Crippen molar-refractivity contribution in [3.05, 3.63) is 65.5 Å². The lowest BCUT2D eigenvalue weighted by Gasteiger charge is -2.21. The third-order valence-corrected chi connectivity index (χ3v) is 5.21. The number of nitrogens with zero attached hydrogens (tertiary/aromatic N) is 1. The summed E-state index contributed by atoms with van der Waals surface area (Å²) in [5, 5.41) is 3.91. The van der Waals surface area contributed by atoms with E-state index in [0.29, 0.717) is 5.37 Å². The molecule has 1 unspecified atom stereocenters. The molecule has 0 saturated heterocycles. The highest BCUT2D eigenvalue weighted by Crippen LogP contribution is 2.23. The first-order valence-corrected chi connectivity index (χ1v) is 9.73. The van der Waals surface area contributed by atoms with Gasteiger partial charge >= 0.3 is 0 Å². The summed E-state index contributed by atoms with van der Waals surface area (Å²) >= 11 is 1.84. The fraction of sp³-hybridized carbons (Fsp3) is 0.381. The van der Waals surface area contributed by atoms with Crippen molar-refractivity contribution in [2.24, 2.45) is 4.99 Å². The summed E-state index contributed by atoms with van der Waals surface area (Å²) in [6, 6.07) is 6.49. The number of hydrogen-bond donors (Lipinski definition) is 1. The van der Waals surface area contributed by atoms with Crippen LogP contribution in [0.25, 0.3) is 5.57 Å². The van der Waals surface area contributed by atoms with E-state index < -0.39 is 0 Å². The zero-order chi connectivity index (χ0) is 17.5. The van der Waals surface area contributed by atoms with Crippen LogP contribution in [0.15, 0.2) is 53.8 Å². The molecule has 3 heteroatoms. The maximum atomic E-state index is 4.37. The van der Waals surface area contributed by atoms with Crippen LogP contribution in [-0.2, 0) is 6.42 Å². The van der Waals surface area contributed by atoms with E-state index in [9.17, 15) is 0 Å². The smallest absolute Gasteiger partial charge is 0.0757 e. The minimum absolute atomic E-state index is 0.331. The van der Waals surface area contributed by atoms with Gasteiger partial charge in [0.2, 0.25) is 0 Å². The van der Waals surface area contributed by atoms with E-state index in [1.165, 1.54) is 22.4 Å². The van der Waals surface area contributed by atoms with E-state index in [2.05, 4.69) is 67.8 Å². The molecule has 2 rings (SSSR count). The van der Waals surface area contributed by atoms with Crippen molar-refractivity contribution < 1.29 is 0 Å². The molecule has 0 bridgehead atoms. The quantitative estimate of drug-likeness (QED) is 0.600. The summed E-state index contributed by atoms with van der Waals surface area (Å²) < 4.78 is 0. The van der Waals surface area contributed by atoms with Gasteiger partial charge in [0.25, 0.3) is 0 Å². The minimum atomic E-state index is 0.331. The van der Waals surface area contributed by atoms with Crippen molar-refractivity contribution in [2.75, 3.05) is 6.26 Å². The summed E-state index contributed by atoms with van der Waals surface area (Å²) in [5.41, 5.74) is 7.37. The van der Waals surface area contributed by atoms with Crippen LogP contribution in [0.5, 0.6) is 0 Å². The van der Waals surface area contributed by atoms with Gasteiger partial charge in [-0.1, -0.05) is 43.0 Å². The van der Waals surface area contributed by atoms with Gasteiger partial charge in [0.1, 0.15) is 0 Å². The van der Waals surface area contributed by atoms with Crippen molar-refractivity contribution in [1.29, 1.82) is 0 Å². The number of nitrogens with one attached hydrogen (secondary N) is 1. The van der Waals surface area contributed by atoms with E-state index >= 15 is 0 Å². The lowest BCUT2D eigenvalue weighted by atomic mass is 9.96. The highest BCUT2D eigenvalue weighted by atomic mass is 32.2. The number of hydrogen-bond acceptors (Lipinski definition) is 3. The Hall–Kier alpha value is -1.74. The Bertz CT molecular complexity index is 670. The Morgan fingerprint density at radius 2 is 2.17 bits per heavy atom. The normalized spacial score (nSPS) is 14.4. The van der Waals surface area contributed by atoms with Crippen molar-refractivity contribution in [3.63, 3.8) is 0 Å². The minimum Gasteiger partial charge on any atom is -0.377 e. The van der Waals surface area contributed by atoms with Gasteiger partial charge in [-0.05, 0) is 49.6 Å². The van der Waals surface area contributed by atoms with Crippen LogP contribution in [0.1, 0.15) is 42.9 Å². The molecule has 24 heavy (non-hydrogen) atoms. The molecule has 0 radical (unpaired) electrons. The molecule has 128 valence electrons. The van der Waals surface area contributed by atoms with Crippen LogP contribution in [-0.4, -0.2) is 17.8 Å². The van der Waals surface area contributed by atoms with Crippen LogP contribution in [0.4, 0.5) is 0 Å². The van der Waals surface area contributed by atoms with Crippen molar-refractivity contribution >= 4 is 23.5 Å². The average molecular weight is 341 g/mol. The van der Waals surface area contributed by atoms with Gasteiger partial charge in [0.05, 0.1) is 5.37 Å². The lowest BCUT2D eigenvalue weighted by molar-refractivity contribution is 0.696. The van der Waals surface area contributed by atoms with Crippen LogP contribution in [0.3, 0.4) is 0 Å². The van der Waals surface area contributed by atoms with Crippen LogP contribution < -0.4 is 5.32 Å². The van der Waals surface area contributed by atoms with Gasteiger partial charge in [-0.15, -0.1) is 11.8 Å². The van der Waals surface area contributed by atoms with Gasteiger partial charge in [-0.25, -0.2) is 0 Å². The Balaban J connectivity index is 1.94. The molecular formula is C21H28N2S. The number of rotatable bonds is 9. The molecule has 1 aromatic carbocycles. The second-order valence-corrected chi connectivity index (χ2v) is 7.33. The molecule has 0 amide bonds. The summed E-state index contributed by atoms with van der Waals surface area (Å²) in [7, 11) is 0. The second kappa shape index (κ2) is 8.93. The topological polar surface area (TPSA) is 24.4 Å². The fourth-order valence-corrected chi connectivity index (χ4v) is 3.55. The van der Waals surface area contributed by atoms with Gasteiger partial charge in [-0.2, -0.15) is 0 Å². The molecule has 1 atom stereocenters. The van der Waals surface area contributed by atoms with Crippen molar-refractivity contribution in [3.8, 4) is 0 Å². The first-order valence-electron chi connectivity index (χ1n) is 8.44. The summed E-state index contributed by atoms with van der Waals surface area (Å²) in [6.45, 7) is 12.5. The molecule has 2 nitrogen and oxygen atoms in total. The van der Waals surface area contributed by atoms with Crippen LogP contribution >= 0.6 is 11.8 Å². The monoisotopic (exact) mass is 340 g/mol. The molecule has 1 aliphatic rings. The highest BCUT2D eigenvalue weighted by Gasteiger charge is 2.12. The molecule has 1 aromatic rings. The Labute approximate surface area is 150 Å². The lowest BCUT2D eigenvalue weighted by Crippen LogP contribution is -2.27. The maximum absolute atomic E-state index is 4.37. The van der Waals surface area contributed by atoms with E-state index in [0.717, 1.165) is 37.0 Å². The Kier molecular flexibility index (Phi) is 6.92. The largest absolute Gasteiger partial charge is 0.377 e. The van der Waals surface area contributed by atoms with Crippen LogP contribution in [0, 0.1) is 6.92 Å². The molecular weight excluding hydrogens is 312 g/mol. The van der Waals surface area contributed by atoms with E-state index in [1.807, 2.05) is 18.0 Å². The number of allylic oxidation sites excluding steroid dienone is 4. The van der Waals surface area contributed by atoms with Crippen LogP contribution in [0.2, 0.25) is 0 Å². The third-order valence-electron chi connectivity index (χ3n) is 4.36. The van der Waals surface area contributed by atoms with Crippen molar-refractivity contribution in [2.45, 2.75) is 44.9 Å². The molecule has 0 aliphatic carbocycles. The number of aliphatic imine (C=N–C) groups is 1. The Morgan fingerprint density at radius 1 is 1.38 bits per heavy atom. The summed E-state index contributed by atoms with van der Waals surface area (Å²) in [4.78, 5) is 4.37. The Morgan fingerprint density at radius 3 is 2.79 bits per heavy atom. The van der Waals surface area contributed by atoms with Gasteiger partial charge in [-0.3, -0.25) is 4.99 Å². The third kappa shape index (κ3) is 5.13. The second-order valence-electron chi connectivity index (χ2n) is 6.29. The van der Waals surface area contributed by atoms with E-state index in [4.69, 9.17) is 0 Å².